The van der Waals surface area contributed by atoms with Crippen molar-refractivity contribution in [2.75, 3.05) is 86.3 Å². The fourth-order valence-electron chi connectivity index (χ4n) is 5.72. The van der Waals surface area contributed by atoms with Crippen molar-refractivity contribution >= 4 is 5.91 Å². The third-order valence-electron chi connectivity index (χ3n) is 7.65. The van der Waals surface area contributed by atoms with E-state index >= 15 is 0 Å². The number of nitrogens with one attached hydrogen (secondary N) is 1. The number of piperidine rings is 1. The van der Waals surface area contributed by atoms with E-state index in [-0.39, 0.29) is 11.9 Å². The quantitative estimate of drug-likeness (QED) is 0.270. The lowest BCUT2D eigenvalue weighted by molar-refractivity contribution is -0.127. The number of carbonyl (C=O) groups is 1. The van der Waals surface area contributed by atoms with Crippen molar-refractivity contribution in [3.63, 3.8) is 0 Å². The molecule has 0 bridgehead atoms. The highest BCUT2D eigenvalue weighted by Crippen LogP contribution is 2.28. The molecule has 0 aromatic carbocycles. The number of amides is 1. The molecule has 3 aliphatic rings. The zero-order chi connectivity index (χ0) is 32.3. The predicted octanol–water partition coefficient (Wildman–Crippen LogP) is 5.79. The third-order valence-corrected chi connectivity index (χ3v) is 7.65. The fourth-order valence-corrected chi connectivity index (χ4v) is 5.72. The summed E-state index contributed by atoms with van der Waals surface area (Å²) in [5, 5.41) is 3.22. The normalized spacial score (nSPS) is 22.7. The van der Waals surface area contributed by atoms with Crippen molar-refractivity contribution in [1.29, 1.82) is 0 Å². The smallest absolute Gasteiger partial charge is 0.234 e. The molecule has 1 saturated carbocycles. The van der Waals surface area contributed by atoms with Crippen molar-refractivity contribution < 1.29 is 19.0 Å². The van der Waals surface area contributed by atoms with E-state index in [1.807, 2.05) is 55.4 Å². The Morgan fingerprint density at radius 1 is 0.738 bits per heavy atom. The Balaban J connectivity index is 0. The van der Waals surface area contributed by atoms with Gasteiger partial charge in [-0.15, -0.1) is 0 Å². The number of rotatable bonds is 14. The Morgan fingerprint density at radius 2 is 1.29 bits per heavy atom. The minimum absolute atomic E-state index is 0.163. The van der Waals surface area contributed by atoms with Crippen molar-refractivity contribution in [3.8, 4) is 0 Å². The summed E-state index contributed by atoms with van der Waals surface area (Å²) >= 11 is 0. The van der Waals surface area contributed by atoms with Gasteiger partial charge in [-0.05, 0) is 43.9 Å². The van der Waals surface area contributed by atoms with Crippen LogP contribution in [0.25, 0.3) is 0 Å². The van der Waals surface area contributed by atoms with E-state index in [0.29, 0.717) is 30.6 Å². The molecule has 2 unspecified atom stereocenters. The molecule has 0 radical (unpaired) electrons. The Morgan fingerprint density at radius 3 is 1.81 bits per heavy atom. The first-order chi connectivity index (χ1) is 20.4. The second-order valence-electron chi connectivity index (χ2n) is 11.0. The molecule has 8 nitrogen and oxygen atoms in total. The lowest BCUT2D eigenvalue weighted by Gasteiger charge is -2.41. The molecule has 0 aromatic heterocycles. The van der Waals surface area contributed by atoms with Crippen LogP contribution in [0.15, 0.2) is 0 Å². The molecule has 3 rings (SSSR count). The number of nitrogens with zero attached hydrogens (tertiary/aromatic N) is 3. The first kappa shape index (κ1) is 43.4. The van der Waals surface area contributed by atoms with Crippen LogP contribution in [0.1, 0.15) is 101 Å². The number of likely N-dealkylation sites (tertiary alicyclic amines) is 1. The molecule has 1 aliphatic carbocycles. The van der Waals surface area contributed by atoms with Crippen LogP contribution in [0, 0.1) is 11.8 Å². The van der Waals surface area contributed by atoms with E-state index < -0.39 is 0 Å². The molecule has 2 atom stereocenters. The fraction of sp³-hybridized carbons (Fsp3) is 0.971. The van der Waals surface area contributed by atoms with Crippen LogP contribution in [0.4, 0.5) is 0 Å². The maximum absolute atomic E-state index is 12.5. The maximum Gasteiger partial charge on any atom is 0.234 e. The summed E-state index contributed by atoms with van der Waals surface area (Å²) in [4.78, 5) is 19.7. The number of hydrogen-bond acceptors (Lipinski definition) is 7. The molecule has 42 heavy (non-hydrogen) atoms. The van der Waals surface area contributed by atoms with Gasteiger partial charge >= 0.3 is 0 Å². The highest BCUT2D eigenvalue weighted by atomic mass is 16.5. The summed E-state index contributed by atoms with van der Waals surface area (Å²) in [6.45, 7) is 31.2. The lowest BCUT2D eigenvalue weighted by Crippen LogP contribution is -2.54. The molecule has 254 valence electrons. The monoisotopic (exact) mass is 603 g/mol. The van der Waals surface area contributed by atoms with Crippen molar-refractivity contribution in [2.45, 2.75) is 120 Å². The summed E-state index contributed by atoms with van der Waals surface area (Å²) in [5.74, 6) is 1.50. The SMILES string of the molecule is CC.CC.CC.CC.COCCN1CCN(CC(=O)NC2CC(OC3CCN(CC(C)CC(C)COC)CC3)C2)CC1. The molecule has 1 amide bonds. The van der Waals surface area contributed by atoms with Crippen LogP contribution in [0.5, 0.6) is 0 Å². The van der Waals surface area contributed by atoms with Gasteiger partial charge in [0, 0.05) is 79.2 Å². The minimum atomic E-state index is 0.163. The highest BCUT2D eigenvalue weighted by Gasteiger charge is 2.34. The van der Waals surface area contributed by atoms with Crippen molar-refractivity contribution in [3.05, 3.63) is 0 Å². The van der Waals surface area contributed by atoms with E-state index in [0.717, 1.165) is 84.7 Å². The van der Waals surface area contributed by atoms with Crippen LogP contribution < -0.4 is 5.32 Å². The van der Waals surface area contributed by atoms with Gasteiger partial charge in [-0.25, -0.2) is 0 Å². The topological polar surface area (TPSA) is 66.5 Å². The van der Waals surface area contributed by atoms with Gasteiger partial charge in [0.25, 0.3) is 0 Å². The zero-order valence-corrected chi connectivity index (χ0v) is 30.2. The van der Waals surface area contributed by atoms with Gasteiger partial charge < -0.3 is 24.4 Å². The van der Waals surface area contributed by atoms with E-state index in [1.54, 1.807) is 14.2 Å². The Bertz CT molecular complexity index is 576. The molecule has 2 aliphatic heterocycles. The average Bonchev–Trinajstić information content (AvgIpc) is 3.00. The molecular formula is C34H74N4O4. The van der Waals surface area contributed by atoms with Crippen LogP contribution in [-0.2, 0) is 19.0 Å². The Labute approximate surface area is 262 Å². The molecule has 2 heterocycles. The molecule has 1 N–H and O–H groups in total. The van der Waals surface area contributed by atoms with Gasteiger partial charge in [0.2, 0.25) is 5.91 Å². The van der Waals surface area contributed by atoms with Gasteiger partial charge in [0.15, 0.2) is 0 Å². The van der Waals surface area contributed by atoms with Gasteiger partial charge in [-0.1, -0.05) is 69.2 Å². The largest absolute Gasteiger partial charge is 0.384 e. The first-order valence-electron chi connectivity index (χ1n) is 17.5. The average molecular weight is 603 g/mol. The Hall–Kier alpha value is -0.770. The molecular weight excluding hydrogens is 528 g/mol. The van der Waals surface area contributed by atoms with Crippen molar-refractivity contribution in [1.82, 2.24) is 20.0 Å². The second kappa shape index (κ2) is 29.0. The zero-order valence-electron chi connectivity index (χ0n) is 30.2. The minimum Gasteiger partial charge on any atom is -0.384 e. The standard InChI is InChI=1S/C26H50N4O4.4C2H6/c1-21(15-22(2)20-33-4)18-29-7-5-24(6-8-29)34-25-16-23(17-25)27-26(31)19-30-11-9-28(10-12-30)13-14-32-3;4*1-2/h21-25H,5-20H2,1-4H3,(H,27,31);4*1-2H3. The molecule has 3 fully saturated rings. The van der Waals surface area contributed by atoms with E-state index in [9.17, 15) is 4.79 Å². The summed E-state index contributed by atoms with van der Waals surface area (Å²) in [7, 11) is 3.53. The number of ether oxygens (including phenoxy) is 3. The lowest BCUT2D eigenvalue weighted by atomic mass is 9.88. The van der Waals surface area contributed by atoms with Crippen LogP contribution >= 0.6 is 0 Å². The maximum atomic E-state index is 12.5. The molecule has 2 saturated heterocycles. The predicted molar refractivity (Wildman–Crippen MR) is 180 cm³/mol. The number of methoxy groups -OCH3 is 2. The van der Waals surface area contributed by atoms with Gasteiger partial charge in [0.05, 0.1) is 25.4 Å². The van der Waals surface area contributed by atoms with Crippen LogP contribution in [0.3, 0.4) is 0 Å². The van der Waals surface area contributed by atoms with Crippen molar-refractivity contribution in [2.24, 2.45) is 11.8 Å². The van der Waals surface area contributed by atoms with E-state index in [1.165, 1.54) is 13.0 Å². The molecule has 0 aromatic rings. The number of piperazine rings is 1. The van der Waals surface area contributed by atoms with E-state index in [2.05, 4.69) is 33.9 Å². The third kappa shape index (κ3) is 19.5. The number of carbonyl (C=O) groups excluding carboxylic acids is 1. The molecule has 8 heteroatoms. The summed E-state index contributed by atoms with van der Waals surface area (Å²) in [6, 6.07) is 0.288. The second-order valence-corrected chi connectivity index (χ2v) is 11.0. The van der Waals surface area contributed by atoms with Gasteiger partial charge in [0.1, 0.15) is 0 Å². The van der Waals surface area contributed by atoms with Gasteiger partial charge in [-0.2, -0.15) is 0 Å². The summed E-state index contributed by atoms with van der Waals surface area (Å²) < 4.78 is 16.8. The van der Waals surface area contributed by atoms with E-state index in [4.69, 9.17) is 14.2 Å². The summed E-state index contributed by atoms with van der Waals surface area (Å²) in [5.41, 5.74) is 0. The van der Waals surface area contributed by atoms with Gasteiger partial charge in [-0.3, -0.25) is 14.6 Å². The summed E-state index contributed by atoms with van der Waals surface area (Å²) in [6.07, 6.45) is 6.12. The van der Waals surface area contributed by atoms with Crippen LogP contribution in [-0.4, -0.2) is 125 Å². The van der Waals surface area contributed by atoms with Crippen LogP contribution in [0.2, 0.25) is 0 Å². The first-order valence-corrected chi connectivity index (χ1v) is 17.5. The molecule has 0 spiro atoms. The highest BCUT2D eigenvalue weighted by molar-refractivity contribution is 5.78. The number of hydrogen-bond donors (Lipinski definition) is 1. The Kier molecular flexibility index (Phi) is 29.9.